The number of aliphatic hydroxyl groups excluding tert-OH is 1. The molecular weight excluding hydrogens is 344 g/mol. The number of rotatable bonds is 18. The molecule has 2 nitrogen and oxygen atoms in total. The number of aromatic hydroxyl groups is 1. The third-order valence-corrected chi connectivity index (χ3v) is 6.01. The van der Waals surface area contributed by atoms with Crippen LogP contribution in [0.5, 0.6) is 5.75 Å². The molecule has 0 radical (unpaired) electrons. The van der Waals surface area contributed by atoms with Gasteiger partial charge < -0.3 is 10.2 Å². The van der Waals surface area contributed by atoms with Gasteiger partial charge in [0.1, 0.15) is 5.75 Å². The standard InChI is InChI=1S/C26H46O2/c1-3-5-7-9-11-13-15-17-25(23-19-21-24(27)22-20-23)26(28)18-16-14-12-10-8-6-4-2/h19-22,25-28H,3-18H2,1-2H3. The summed E-state index contributed by atoms with van der Waals surface area (Å²) in [7, 11) is 0. The number of hydrogen-bond acceptors (Lipinski definition) is 2. The molecule has 0 saturated carbocycles. The Balaban J connectivity index is 2.38. The van der Waals surface area contributed by atoms with Crippen LogP contribution in [-0.2, 0) is 0 Å². The highest BCUT2D eigenvalue weighted by molar-refractivity contribution is 5.29. The summed E-state index contributed by atoms with van der Waals surface area (Å²) in [4.78, 5) is 0. The van der Waals surface area contributed by atoms with Crippen molar-refractivity contribution in [2.75, 3.05) is 0 Å². The van der Waals surface area contributed by atoms with E-state index >= 15 is 0 Å². The molecule has 2 heteroatoms. The number of benzene rings is 1. The highest BCUT2D eigenvalue weighted by atomic mass is 16.3. The summed E-state index contributed by atoms with van der Waals surface area (Å²) in [6, 6.07) is 7.51. The van der Waals surface area contributed by atoms with Crippen LogP contribution >= 0.6 is 0 Å². The fraction of sp³-hybridized carbons (Fsp3) is 0.769. The third-order valence-electron chi connectivity index (χ3n) is 6.01. The van der Waals surface area contributed by atoms with E-state index in [4.69, 9.17) is 0 Å². The minimum absolute atomic E-state index is 0.205. The van der Waals surface area contributed by atoms with Crippen LogP contribution in [0, 0.1) is 0 Å². The maximum absolute atomic E-state index is 10.9. The maximum atomic E-state index is 10.9. The monoisotopic (exact) mass is 390 g/mol. The van der Waals surface area contributed by atoms with Gasteiger partial charge in [0, 0.05) is 5.92 Å². The number of hydrogen-bond donors (Lipinski definition) is 2. The van der Waals surface area contributed by atoms with Crippen molar-refractivity contribution in [3.63, 3.8) is 0 Å². The highest BCUT2D eigenvalue weighted by Gasteiger charge is 2.20. The molecule has 0 amide bonds. The zero-order valence-corrected chi connectivity index (χ0v) is 18.7. The molecule has 162 valence electrons. The van der Waals surface area contributed by atoms with E-state index in [9.17, 15) is 10.2 Å². The number of phenolic OH excluding ortho intramolecular Hbond substituents is 1. The molecule has 0 aromatic heterocycles. The molecule has 0 aliphatic rings. The lowest BCUT2D eigenvalue weighted by Crippen LogP contribution is -2.18. The normalized spacial score (nSPS) is 13.5. The number of phenols is 1. The lowest BCUT2D eigenvalue weighted by atomic mass is 9.85. The fourth-order valence-electron chi connectivity index (χ4n) is 4.14. The second kappa shape index (κ2) is 16.9. The minimum atomic E-state index is -0.264. The first-order valence-corrected chi connectivity index (χ1v) is 12.2. The Hall–Kier alpha value is -1.02. The molecular formula is C26H46O2. The van der Waals surface area contributed by atoms with Crippen molar-refractivity contribution in [2.45, 2.75) is 129 Å². The molecule has 1 aromatic rings. The predicted octanol–water partition coefficient (Wildman–Crippen LogP) is 8.12. The zero-order chi connectivity index (χ0) is 20.5. The Morgan fingerprint density at radius 1 is 0.607 bits per heavy atom. The Morgan fingerprint density at radius 2 is 1.04 bits per heavy atom. The summed E-state index contributed by atoms with van der Waals surface area (Å²) < 4.78 is 0. The molecule has 2 N–H and O–H groups in total. The smallest absolute Gasteiger partial charge is 0.115 e. The Bertz CT molecular complexity index is 454. The topological polar surface area (TPSA) is 40.5 Å². The van der Waals surface area contributed by atoms with Crippen molar-refractivity contribution in [3.05, 3.63) is 29.8 Å². The molecule has 0 saturated heterocycles. The van der Waals surface area contributed by atoms with Gasteiger partial charge in [0.05, 0.1) is 6.10 Å². The van der Waals surface area contributed by atoms with Gasteiger partial charge in [0.15, 0.2) is 0 Å². The Labute approximate surface area is 174 Å². The molecule has 2 unspecified atom stereocenters. The van der Waals surface area contributed by atoms with Crippen LogP contribution in [0.15, 0.2) is 24.3 Å². The van der Waals surface area contributed by atoms with Gasteiger partial charge in [-0.2, -0.15) is 0 Å². The molecule has 0 bridgehead atoms. The van der Waals surface area contributed by atoms with Crippen molar-refractivity contribution in [1.29, 1.82) is 0 Å². The molecule has 0 fully saturated rings. The van der Waals surface area contributed by atoms with Gasteiger partial charge in [-0.15, -0.1) is 0 Å². The van der Waals surface area contributed by atoms with Crippen molar-refractivity contribution in [2.24, 2.45) is 0 Å². The van der Waals surface area contributed by atoms with Gasteiger partial charge in [-0.25, -0.2) is 0 Å². The largest absolute Gasteiger partial charge is 0.508 e. The fourth-order valence-corrected chi connectivity index (χ4v) is 4.14. The average Bonchev–Trinajstić information content (AvgIpc) is 2.70. The van der Waals surface area contributed by atoms with Crippen LogP contribution < -0.4 is 0 Å². The molecule has 2 atom stereocenters. The minimum Gasteiger partial charge on any atom is -0.508 e. The van der Waals surface area contributed by atoms with Crippen molar-refractivity contribution in [1.82, 2.24) is 0 Å². The van der Waals surface area contributed by atoms with E-state index in [1.807, 2.05) is 12.1 Å². The lowest BCUT2D eigenvalue weighted by Gasteiger charge is -2.24. The van der Waals surface area contributed by atoms with E-state index in [-0.39, 0.29) is 12.0 Å². The molecule has 1 aromatic carbocycles. The second-order valence-electron chi connectivity index (χ2n) is 8.59. The van der Waals surface area contributed by atoms with Crippen LogP contribution in [0.3, 0.4) is 0 Å². The molecule has 28 heavy (non-hydrogen) atoms. The first-order chi connectivity index (χ1) is 13.7. The van der Waals surface area contributed by atoms with Crippen LogP contribution in [0.4, 0.5) is 0 Å². The average molecular weight is 391 g/mol. The zero-order valence-electron chi connectivity index (χ0n) is 18.7. The van der Waals surface area contributed by atoms with Gasteiger partial charge in [-0.05, 0) is 30.5 Å². The summed E-state index contributed by atoms with van der Waals surface area (Å²) in [5, 5.41) is 20.5. The first kappa shape index (κ1) is 25.0. The maximum Gasteiger partial charge on any atom is 0.115 e. The van der Waals surface area contributed by atoms with E-state index in [0.29, 0.717) is 5.75 Å². The van der Waals surface area contributed by atoms with Gasteiger partial charge in [-0.1, -0.05) is 116 Å². The summed E-state index contributed by atoms with van der Waals surface area (Å²) in [5.74, 6) is 0.510. The predicted molar refractivity (Wildman–Crippen MR) is 122 cm³/mol. The summed E-state index contributed by atoms with van der Waals surface area (Å²) in [5.41, 5.74) is 1.18. The Kier molecular flexibility index (Phi) is 15.1. The van der Waals surface area contributed by atoms with Crippen LogP contribution in [0.25, 0.3) is 0 Å². The summed E-state index contributed by atoms with van der Waals surface area (Å²) >= 11 is 0. The molecule has 0 heterocycles. The summed E-state index contributed by atoms with van der Waals surface area (Å²) in [6.07, 6.45) is 19.8. The van der Waals surface area contributed by atoms with Crippen molar-refractivity contribution < 1.29 is 10.2 Å². The molecule has 1 rings (SSSR count). The van der Waals surface area contributed by atoms with Crippen LogP contribution in [-0.4, -0.2) is 16.3 Å². The van der Waals surface area contributed by atoms with Crippen LogP contribution in [0.2, 0.25) is 0 Å². The van der Waals surface area contributed by atoms with E-state index < -0.39 is 0 Å². The lowest BCUT2D eigenvalue weighted by molar-refractivity contribution is 0.124. The quantitative estimate of drug-likeness (QED) is 0.248. The van der Waals surface area contributed by atoms with Crippen molar-refractivity contribution >= 4 is 0 Å². The Morgan fingerprint density at radius 3 is 1.54 bits per heavy atom. The van der Waals surface area contributed by atoms with E-state index in [1.165, 1.54) is 89.0 Å². The first-order valence-electron chi connectivity index (χ1n) is 12.2. The van der Waals surface area contributed by atoms with Gasteiger partial charge >= 0.3 is 0 Å². The van der Waals surface area contributed by atoms with E-state index in [2.05, 4.69) is 13.8 Å². The van der Waals surface area contributed by atoms with Crippen molar-refractivity contribution in [3.8, 4) is 5.75 Å². The van der Waals surface area contributed by atoms with Crippen LogP contribution in [0.1, 0.15) is 128 Å². The van der Waals surface area contributed by atoms with E-state index in [1.54, 1.807) is 12.1 Å². The van der Waals surface area contributed by atoms with Gasteiger partial charge in [0.2, 0.25) is 0 Å². The van der Waals surface area contributed by atoms with E-state index in [0.717, 1.165) is 19.3 Å². The number of aliphatic hydroxyl groups is 1. The SMILES string of the molecule is CCCCCCCCCC(O)C(CCCCCCCCC)c1ccc(O)cc1. The van der Waals surface area contributed by atoms with Gasteiger partial charge in [0.25, 0.3) is 0 Å². The third kappa shape index (κ3) is 11.7. The second-order valence-corrected chi connectivity index (χ2v) is 8.59. The van der Waals surface area contributed by atoms with Gasteiger partial charge in [-0.3, -0.25) is 0 Å². The number of unbranched alkanes of at least 4 members (excludes halogenated alkanes) is 12. The highest BCUT2D eigenvalue weighted by Crippen LogP contribution is 2.30. The molecule has 0 spiro atoms. The summed E-state index contributed by atoms with van der Waals surface area (Å²) in [6.45, 7) is 4.51. The molecule has 0 aliphatic heterocycles. The molecule has 0 aliphatic carbocycles.